The number of halogens is 6. The molecule has 10 heteroatoms. The molecule has 0 amide bonds. The fourth-order valence-corrected chi connectivity index (χ4v) is 1.28. The van der Waals surface area contributed by atoms with E-state index in [0.29, 0.717) is 6.07 Å². The summed E-state index contributed by atoms with van der Waals surface area (Å²) in [5.74, 6) is -2.62. The van der Waals surface area contributed by atoms with Crippen molar-refractivity contribution in [3.63, 3.8) is 0 Å². The molecule has 3 N–H and O–H groups in total. The summed E-state index contributed by atoms with van der Waals surface area (Å²) in [6.45, 7) is 0. The molecule has 4 nitrogen and oxygen atoms in total. The Kier molecular flexibility index (Phi) is 4.06. The molecule has 0 atom stereocenters. The predicted molar refractivity (Wildman–Crippen MR) is 54.3 cm³/mol. The van der Waals surface area contributed by atoms with Gasteiger partial charge in [0, 0.05) is 0 Å². The van der Waals surface area contributed by atoms with Crippen LogP contribution in [0.4, 0.5) is 32.0 Å². The van der Waals surface area contributed by atoms with Gasteiger partial charge in [-0.25, -0.2) is 4.79 Å². The van der Waals surface area contributed by atoms with E-state index in [1.165, 1.54) is 0 Å². The Morgan fingerprint density at radius 3 is 2.05 bits per heavy atom. The fraction of sp³-hybridized carbons (Fsp3) is 0.300. The Balaban J connectivity index is 3.20. The number of carboxylic acids is 1. The summed E-state index contributed by atoms with van der Waals surface area (Å²) in [4.78, 5) is 10.7. The zero-order valence-electron chi connectivity index (χ0n) is 9.42. The van der Waals surface area contributed by atoms with Crippen LogP contribution in [0, 0.1) is 0 Å². The standard InChI is InChI=1S/C10H7F6NO3/c11-9(12,13)8(10(14,15)16)20-5-3-1-2-4(6(5)17)7(18)19/h1-3,8H,17H2,(H,18,19). The van der Waals surface area contributed by atoms with E-state index in [9.17, 15) is 31.1 Å². The smallest absolute Gasteiger partial charge is 0.434 e. The van der Waals surface area contributed by atoms with Crippen molar-refractivity contribution < 1.29 is 41.0 Å². The van der Waals surface area contributed by atoms with Crippen LogP contribution in [0.25, 0.3) is 0 Å². The largest absolute Gasteiger partial charge is 0.478 e. The van der Waals surface area contributed by atoms with Crippen molar-refractivity contribution >= 4 is 11.7 Å². The summed E-state index contributed by atoms with van der Waals surface area (Å²) in [7, 11) is 0. The predicted octanol–water partition coefficient (Wildman–Crippen LogP) is 2.84. The zero-order valence-corrected chi connectivity index (χ0v) is 9.42. The van der Waals surface area contributed by atoms with Crippen molar-refractivity contribution in [3.05, 3.63) is 23.8 Å². The van der Waals surface area contributed by atoms with E-state index in [2.05, 4.69) is 4.74 Å². The van der Waals surface area contributed by atoms with Gasteiger partial charge in [-0.15, -0.1) is 0 Å². The van der Waals surface area contributed by atoms with Gasteiger partial charge in [0.1, 0.15) is 5.75 Å². The molecular formula is C10H7F6NO3. The molecule has 0 fully saturated rings. The SMILES string of the molecule is Nc1c(OC(C(F)(F)F)C(F)(F)F)cccc1C(=O)O. The maximum absolute atomic E-state index is 12.3. The lowest BCUT2D eigenvalue weighted by Crippen LogP contribution is -2.46. The van der Waals surface area contributed by atoms with Crippen LogP contribution in [0.1, 0.15) is 10.4 Å². The molecule has 0 saturated heterocycles. The number of ether oxygens (including phenoxy) is 1. The summed E-state index contributed by atoms with van der Waals surface area (Å²) in [6, 6.07) is 2.55. The van der Waals surface area contributed by atoms with E-state index in [0.717, 1.165) is 12.1 Å². The normalized spacial score (nSPS) is 12.6. The third-order valence-corrected chi connectivity index (χ3v) is 2.14. The number of carboxylic acid groups (broad SMARTS) is 1. The average Bonchev–Trinajstić information content (AvgIpc) is 2.23. The molecule has 0 unspecified atom stereocenters. The van der Waals surface area contributed by atoms with E-state index < -0.39 is 41.4 Å². The number of aromatic carboxylic acids is 1. The molecule has 0 bridgehead atoms. The Bertz CT molecular complexity index is 497. The Labute approximate surface area is 107 Å². The minimum Gasteiger partial charge on any atom is -0.478 e. The summed E-state index contributed by atoms with van der Waals surface area (Å²) < 4.78 is 77.6. The first-order chi connectivity index (χ1) is 8.94. The second-order valence-electron chi connectivity index (χ2n) is 3.60. The van der Waals surface area contributed by atoms with Gasteiger partial charge < -0.3 is 15.6 Å². The Morgan fingerprint density at radius 1 is 1.15 bits per heavy atom. The van der Waals surface area contributed by atoms with Crippen LogP contribution in [0.2, 0.25) is 0 Å². The van der Waals surface area contributed by atoms with Crippen molar-refractivity contribution in [3.8, 4) is 5.75 Å². The maximum atomic E-state index is 12.3. The topological polar surface area (TPSA) is 72.5 Å². The molecule has 0 heterocycles. The average molecular weight is 303 g/mol. The summed E-state index contributed by atoms with van der Waals surface area (Å²) in [6.07, 6.45) is -15.5. The molecule has 0 aliphatic rings. The third-order valence-electron chi connectivity index (χ3n) is 2.14. The quantitative estimate of drug-likeness (QED) is 0.665. The van der Waals surface area contributed by atoms with Crippen molar-refractivity contribution in [1.82, 2.24) is 0 Å². The number of carbonyl (C=O) groups is 1. The number of nitrogen functional groups attached to an aromatic ring is 1. The second kappa shape index (κ2) is 5.10. The van der Waals surface area contributed by atoms with Gasteiger partial charge in [0.15, 0.2) is 0 Å². The molecule has 20 heavy (non-hydrogen) atoms. The summed E-state index contributed by atoms with van der Waals surface area (Å²) in [5.41, 5.74) is 3.70. The van der Waals surface area contributed by atoms with Crippen molar-refractivity contribution in [1.29, 1.82) is 0 Å². The fourth-order valence-electron chi connectivity index (χ4n) is 1.28. The maximum Gasteiger partial charge on any atom is 0.434 e. The summed E-state index contributed by atoms with van der Waals surface area (Å²) in [5, 5.41) is 8.66. The lowest BCUT2D eigenvalue weighted by molar-refractivity contribution is -0.299. The van der Waals surface area contributed by atoms with Crippen LogP contribution in [0.15, 0.2) is 18.2 Å². The summed E-state index contributed by atoms with van der Waals surface area (Å²) >= 11 is 0. The van der Waals surface area contributed by atoms with Crippen LogP contribution < -0.4 is 10.5 Å². The van der Waals surface area contributed by atoms with Gasteiger partial charge in [-0.2, -0.15) is 26.3 Å². The van der Waals surface area contributed by atoms with Crippen molar-refractivity contribution in [2.75, 3.05) is 5.73 Å². The highest BCUT2D eigenvalue weighted by Crippen LogP contribution is 2.38. The zero-order chi connectivity index (χ0) is 15.7. The third kappa shape index (κ3) is 3.45. The van der Waals surface area contributed by atoms with E-state index in [1.807, 2.05) is 0 Å². The number of benzene rings is 1. The first kappa shape index (κ1) is 15.9. The monoisotopic (exact) mass is 303 g/mol. The van der Waals surface area contributed by atoms with Gasteiger partial charge in [0.25, 0.3) is 6.10 Å². The molecule has 0 aromatic heterocycles. The molecule has 0 spiro atoms. The Morgan fingerprint density at radius 2 is 1.65 bits per heavy atom. The van der Waals surface area contributed by atoms with Crippen LogP contribution in [0.3, 0.4) is 0 Å². The minimum absolute atomic E-state index is 0.661. The second-order valence-corrected chi connectivity index (χ2v) is 3.60. The molecule has 0 radical (unpaired) electrons. The van der Waals surface area contributed by atoms with Crippen molar-refractivity contribution in [2.24, 2.45) is 0 Å². The number of rotatable bonds is 3. The first-order valence-corrected chi connectivity index (χ1v) is 4.86. The molecular weight excluding hydrogens is 296 g/mol. The molecule has 0 aliphatic carbocycles. The number of alkyl halides is 6. The van der Waals surface area contributed by atoms with Gasteiger partial charge in [0.05, 0.1) is 11.3 Å². The number of hydrogen-bond acceptors (Lipinski definition) is 3. The van der Waals surface area contributed by atoms with Gasteiger partial charge in [-0.1, -0.05) is 6.07 Å². The molecule has 0 saturated carbocycles. The first-order valence-electron chi connectivity index (χ1n) is 4.86. The van der Waals surface area contributed by atoms with Crippen LogP contribution in [0.5, 0.6) is 5.75 Å². The van der Waals surface area contributed by atoms with Gasteiger partial charge >= 0.3 is 18.3 Å². The Hall–Kier alpha value is -2.13. The minimum atomic E-state index is -5.72. The molecule has 1 aromatic carbocycles. The molecule has 1 rings (SSSR count). The van der Waals surface area contributed by atoms with Gasteiger partial charge in [0.2, 0.25) is 0 Å². The van der Waals surface area contributed by atoms with Gasteiger partial charge in [-0.05, 0) is 12.1 Å². The highest BCUT2D eigenvalue weighted by Gasteiger charge is 2.59. The van der Waals surface area contributed by atoms with Crippen LogP contribution in [-0.4, -0.2) is 29.5 Å². The van der Waals surface area contributed by atoms with E-state index in [4.69, 9.17) is 10.8 Å². The lowest BCUT2D eigenvalue weighted by Gasteiger charge is -2.24. The van der Waals surface area contributed by atoms with E-state index in [-0.39, 0.29) is 0 Å². The highest BCUT2D eigenvalue weighted by atomic mass is 19.4. The highest BCUT2D eigenvalue weighted by molar-refractivity contribution is 5.95. The van der Waals surface area contributed by atoms with E-state index in [1.54, 1.807) is 0 Å². The number of hydrogen-bond donors (Lipinski definition) is 2. The van der Waals surface area contributed by atoms with Crippen LogP contribution in [-0.2, 0) is 0 Å². The molecule has 1 aromatic rings. The molecule has 112 valence electrons. The number of nitrogens with two attached hydrogens (primary N) is 1. The van der Waals surface area contributed by atoms with Gasteiger partial charge in [-0.3, -0.25) is 0 Å². The van der Waals surface area contributed by atoms with E-state index >= 15 is 0 Å². The number of para-hydroxylation sites is 1. The molecule has 0 aliphatic heterocycles. The van der Waals surface area contributed by atoms with Crippen molar-refractivity contribution in [2.45, 2.75) is 18.5 Å². The number of anilines is 1. The van der Waals surface area contributed by atoms with Crippen LogP contribution >= 0.6 is 0 Å². The lowest BCUT2D eigenvalue weighted by atomic mass is 10.1.